The molecule has 0 atom stereocenters. The van der Waals surface area contributed by atoms with Crippen molar-refractivity contribution in [3.05, 3.63) is 89.6 Å². The molecule has 152 valence electrons. The van der Waals surface area contributed by atoms with Gasteiger partial charge in [-0.2, -0.15) is 0 Å². The van der Waals surface area contributed by atoms with Crippen LogP contribution in [0.15, 0.2) is 72.9 Å². The van der Waals surface area contributed by atoms with E-state index in [2.05, 4.69) is 119 Å². The molecule has 0 unspecified atom stereocenters. The van der Waals surface area contributed by atoms with Gasteiger partial charge in [0.25, 0.3) is 0 Å². The van der Waals surface area contributed by atoms with E-state index in [4.69, 9.17) is 0 Å². The Kier molecular flexibility index (Phi) is 5.24. The summed E-state index contributed by atoms with van der Waals surface area (Å²) in [6.07, 6.45) is 3.28. The number of benzene rings is 3. The molecular formula is C29H32N+. The summed E-state index contributed by atoms with van der Waals surface area (Å²) in [7, 11) is 2.15. The van der Waals surface area contributed by atoms with Crippen molar-refractivity contribution >= 4 is 10.8 Å². The number of aryl methyl sites for hydroxylation is 2. The van der Waals surface area contributed by atoms with E-state index < -0.39 is 0 Å². The summed E-state index contributed by atoms with van der Waals surface area (Å²) in [4.78, 5) is 0. The van der Waals surface area contributed by atoms with Crippen molar-refractivity contribution < 1.29 is 4.57 Å². The van der Waals surface area contributed by atoms with Gasteiger partial charge in [0.1, 0.15) is 7.05 Å². The highest BCUT2D eigenvalue weighted by Crippen LogP contribution is 2.34. The first-order valence-electron chi connectivity index (χ1n) is 10.8. The molecular weight excluding hydrogens is 362 g/mol. The molecule has 0 saturated heterocycles. The number of nitrogens with zero attached hydrogens (tertiary/aromatic N) is 1. The van der Waals surface area contributed by atoms with Crippen LogP contribution in [0.4, 0.5) is 0 Å². The number of hydrogen-bond acceptors (Lipinski definition) is 0. The minimum Gasteiger partial charge on any atom is -0.200 e. The van der Waals surface area contributed by atoms with Crippen molar-refractivity contribution in [2.75, 3.05) is 0 Å². The molecule has 0 fully saturated rings. The van der Waals surface area contributed by atoms with Crippen molar-refractivity contribution in [1.29, 1.82) is 0 Å². The maximum absolute atomic E-state index is 2.37. The Morgan fingerprint density at radius 3 is 2.23 bits per heavy atom. The van der Waals surface area contributed by atoms with Crippen LogP contribution >= 0.6 is 0 Å². The number of rotatable bonds is 3. The number of hydrogen-bond donors (Lipinski definition) is 0. The Labute approximate surface area is 181 Å². The van der Waals surface area contributed by atoms with Crippen LogP contribution in [0, 0.1) is 19.3 Å². The summed E-state index contributed by atoms with van der Waals surface area (Å²) < 4.78 is 2.27. The largest absolute Gasteiger partial charge is 0.220 e. The van der Waals surface area contributed by atoms with Crippen LogP contribution < -0.4 is 4.57 Å². The smallest absolute Gasteiger partial charge is 0.200 e. The molecule has 4 rings (SSSR count). The Hall–Kier alpha value is -2.93. The quantitative estimate of drug-likeness (QED) is 0.323. The first kappa shape index (κ1) is 20.3. The number of pyridine rings is 1. The van der Waals surface area contributed by atoms with Crippen LogP contribution in [0.5, 0.6) is 0 Å². The zero-order chi connectivity index (χ0) is 21.5. The average Bonchev–Trinajstić information content (AvgIpc) is 2.70. The van der Waals surface area contributed by atoms with Crippen molar-refractivity contribution in [3.63, 3.8) is 0 Å². The third-order valence-corrected chi connectivity index (χ3v) is 5.97. The summed E-state index contributed by atoms with van der Waals surface area (Å²) in [5.41, 5.74) is 9.49. The van der Waals surface area contributed by atoms with Gasteiger partial charge < -0.3 is 0 Å². The Morgan fingerprint density at radius 2 is 1.53 bits per heavy atom. The van der Waals surface area contributed by atoms with Crippen LogP contribution in [0.25, 0.3) is 33.2 Å². The van der Waals surface area contributed by atoms with Crippen molar-refractivity contribution in [2.24, 2.45) is 12.5 Å². The highest BCUT2D eigenvalue weighted by atomic mass is 14.9. The van der Waals surface area contributed by atoms with Crippen molar-refractivity contribution in [3.8, 4) is 22.4 Å². The maximum Gasteiger partial charge on any atom is 0.220 e. The first-order valence-corrected chi connectivity index (χ1v) is 10.8. The third-order valence-electron chi connectivity index (χ3n) is 5.97. The molecule has 0 amide bonds. The number of aromatic nitrogens is 1. The van der Waals surface area contributed by atoms with Gasteiger partial charge in [0.15, 0.2) is 6.20 Å². The normalized spacial score (nSPS) is 11.8. The predicted octanol–water partition coefficient (Wildman–Crippen LogP) is 7.20. The van der Waals surface area contributed by atoms with E-state index in [1.807, 2.05) is 0 Å². The minimum absolute atomic E-state index is 0.285. The molecule has 1 heteroatoms. The van der Waals surface area contributed by atoms with Crippen LogP contribution in [-0.4, -0.2) is 0 Å². The SMILES string of the molecule is Cc1cc(-c2ccccc2)cc(-c2c3ccc(CC(C)(C)C)cc3cc[n+]2C)c1C. The van der Waals surface area contributed by atoms with E-state index in [1.54, 1.807) is 0 Å². The molecule has 0 aliphatic rings. The van der Waals surface area contributed by atoms with E-state index in [1.165, 1.54) is 49.8 Å². The Balaban J connectivity index is 1.93. The molecule has 0 radical (unpaired) electrons. The van der Waals surface area contributed by atoms with E-state index in [-0.39, 0.29) is 5.41 Å². The van der Waals surface area contributed by atoms with E-state index >= 15 is 0 Å². The van der Waals surface area contributed by atoms with Gasteiger partial charge in [-0.1, -0.05) is 69.3 Å². The zero-order valence-corrected chi connectivity index (χ0v) is 19.1. The van der Waals surface area contributed by atoms with Crippen LogP contribution in [0.2, 0.25) is 0 Å². The molecule has 1 nitrogen and oxygen atoms in total. The summed E-state index contributed by atoms with van der Waals surface area (Å²) in [5.74, 6) is 0. The highest BCUT2D eigenvalue weighted by Gasteiger charge is 2.20. The molecule has 0 aliphatic heterocycles. The van der Waals surface area contributed by atoms with E-state index in [0.29, 0.717) is 0 Å². The van der Waals surface area contributed by atoms with Gasteiger partial charge in [-0.25, -0.2) is 4.57 Å². The molecule has 0 saturated carbocycles. The molecule has 0 aliphatic carbocycles. The second kappa shape index (κ2) is 7.72. The molecule has 30 heavy (non-hydrogen) atoms. The molecule has 3 aromatic carbocycles. The van der Waals surface area contributed by atoms with E-state index in [0.717, 1.165) is 6.42 Å². The van der Waals surface area contributed by atoms with Crippen LogP contribution in [0.1, 0.15) is 37.5 Å². The summed E-state index contributed by atoms with van der Waals surface area (Å²) in [6, 6.07) is 24.6. The van der Waals surface area contributed by atoms with Gasteiger partial charge in [0.05, 0.1) is 10.9 Å². The Bertz CT molecular complexity index is 1210. The Morgan fingerprint density at radius 1 is 0.800 bits per heavy atom. The van der Waals surface area contributed by atoms with Gasteiger partial charge in [0.2, 0.25) is 5.69 Å². The zero-order valence-electron chi connectivity index (χ0n) is 19.1. The highest BCUT2D eigenvalue weighted by molar-refractivity contribution is 5.95. The van der Waals surface area contributed by atoms with Gasteiger partial charge in [-0.3, -0.25) is 0 Å². The monoisotopic (exact) mass is 394 g/mol. The first-order chi connectivity index (χ1) is 14.2. The van der Waals surface area contributed by atoms with Crippen molar-refractivity contribution in [2.45, 2.75) is 41.0 Å². The molecule has 1 heterocycles. The van der Waals surface area contributed by atoms with E-state index in [9.17, 15) is 0 Å². The topological polar surface area (TPSA) is 3.88 Å². The summed E-state index contributed by atoms with van der Waals surface area (Å²) in [5, 5.41) is 2.62. The lowest BCUT2D eigenvalue weighted by atomic mass is 9.87. The van der Waals surface area contributed by atoms with Crippen LogP contribution in [-0.2, 0) is 13.5 Å². The fourth-order valence-electron chi connectivity index (χ4n) is 4.38. The summed E-state index contributed by atoms with van der Waals surface area (Å²) in [6.45, 7) is 11.4. The fraction of sp³-hybridized carbons (Fsp3) is 0.276. The fourth-order valence-corrected chi connectivity index (χ4v) is 4.38. The lowest BCUT2D eigenvalue weighted by molar-refractivity contribution is -0.659. The second-order valence-corrected chi connectivity index (χ2v) is 9.77. The van der Waals surface area contributed by atoms with Gasteiger partial charge in [-0.15, -0.1) is 0 Å². The van der Waals surface area contributed by atoms with Crippen LogP contribution in [0.3, 0.4) is 0 Å². The lowest BCUT2D eigenvalue weighted by Crippen LogP contribution is -2.30. The average molecular weight is 395 g/mol. The predicted molar refractivity (Wildman–Crippen MR) is 129 cm³/mol. The molecule has 0 bridgehead atoms. The maximum atomic E-state index is 2.37. The second-order valence-electron chi connectivity index (χ2n) is 9.77. The molecule has 4 aromatic rings. The number of fused-ring (bicyclic) bond motifs is 1. The standard InChI is InChI=1S/C29H32N/c1-20-16-25(23-10-8-7-9-11-23)18-27(21(20)2)28-26-13-12-22(19-29(3,4)5)17-24(26)14-15-30(28)6/h7-18H,19H2,1-6H3/q+1. The van der Waals surface area contributed by atoms with Gasteiger partial charge >= 0.3 is 0 Å². The summed E-state index contributed by atoms with van der Waals surface area (Å²) >= 11 is 0. The minimum atomic E-state index is 0.285. The third kappa shape index (κ3) is 4.03. The van der Waals surface area contributed by atoms with Gasteiger partial charge in [-0.05, 0) is 71.0 Å². The molecule has 0 spiro atoms. The van der Waals surface area contributed by atoms with Gasteiger partial charge in [0, 0.05) is 6.07 Å². The molecule has 0 N–H and O–H groups in total. The van der Waals surface area contributed by atoms with Crippen molar-refractivity contribution in [1.82, 2.24) is 0 Å². The molecule has 1 aromatic heterocycles. The lowest BCUT2D eigenvalue weighted by Gasteiger charge is -2.18.